The van der Waals surface area contributed by atoms with Crippen LogP contribution in [0.1, 0.15) is 20.8 Å². The normalized spacial score (nSPS) is 18.2. The van der Waals surface area contributed by atoms with Gasteiger partial charge in [-0.15, -0.1) is 0 Å². The Bertz CT molecular complexity index is 719. The molecule has 2 saturated heterocycles. The number of ether oxygens (including phenoxy) is 1. The summed E-state index contributed by atoms with van der Waals surface area (Å²) < 4.78 is 34.5. The zero-order valence-corrected chi connectivity index (χ0v) is 19.9. The van der Waals surface area contributed by atoms with Crippen LogP contribution in [0, 0.1) is 11.6 Å². The Morgan fingerprint density at radius 3 is 2.35 bits per heavy atom. The van der Waals surface area contributed by atoms with Crippen LogP contribution in [-0.4, -0.2) is 74.5 Å². The average molecular weight is 477 g/mol. The van der Waals surface area contributed by atoms with E-state index < -0.39 is 17.7 Å². The first kappa shape index (κ1) is 27.1. The molecule has 0 unspecified atom stereocenters. The number of halogens is 2. The first-order chi connectivity index (χ1) is 14.9. The van der Waals surface area contributed by atoms with Gasteiger partial charge >= 0.3 is 6.09 Å². The average Bonchev–Trinajstić information content (AvgIpc) is 2.96. The van der Waals surface area contributed by atoms with Crippen LogP contribution in [0.4, 0.5) is 25.0 Å². The van der Waals surface area contributed by atoms with Crippen molar-refractivity contribution >= 4 is 52.8 Å². The molecule has 2 aliphatic rings. The van der Waals surface area contributed by atoms with Gasteiger partial charge < -0.3 is 15.0 Å². The zero-order valence-electron chi connectivity index (χ0n) is 18.3. The second-order valence-corrected chi connectivity index (χ2v) is 6.92. The molecule has 1 atom stereocenters. The second kappa shape index (κ2) is 14.2. The third-order valence-corrected chi connectivity index (χ3v) is 4.50. The highest BCUT2D eigenvalue weighted by Crippen LogP contribution is 2.31. The molecular weight excluding hydrogens is 446 g/mol. The minimum Gasteiger partial charge on any atom is -0.443 e. The minimum absolute atomic E-state index is 0.136. The van der Waals surface area contributed by atoms with Crippen molar-refractivity contribution in [1.82, 2.24) is 10.4 Å². The summed E-state index contributed by atoms with van der Waals surface area (Å²) in [6.07, 6.45) is -0.974. The number of carbonyl (C=O) groups is 1. The molecule has 0 spiro atoms. The van der Waals surface area contributed by atoms with E-state index in [0.717, 1.165) is 12.1 Å². The maximum absolute atomic E-state index is 14.7. The maximum Gasteiger partial charge on any atom is 0.414 e. The molecule has 7 nitrogen and oxygen atoms in total. The number of hydrogen-bond acceptors (Lipinski definition) is 7. The van der Waals surface area contributed by atoms with Gasteiger partial charge in [0.2, 0.25) is 0 Å². The number of carbonyl (C=O) groups excluding carboxylic acids is 1. The number of hydroxylamine groups is 2. The highest BCUT2D eigenvalue weighted by atomic mass is 32.1. The number of likely N-dealkylation sites (N-methyl/N-ethyl adjacent to an activating group) is 1. The van der Waals surface area contributed by atoms with Crippen molar-refractivity contribution in [2.45, 2.75) is 26.9 Å². The lowest BCUT2D eigenvalue weighted by atomic mass is 10.2. The van der Waals surface area contributed by atoms with Gasteiger partial charge in [-0.2, -0.15) is 0 Å². The quantitative estimate of drug-likeness (QED) is 0.648. The van der Waals surface area contributed by atoms with Crippen molar-refractivity contribution < 1.29 is 23.1 Å². The van der Waals surface area contributed by atoms with E-state index in [4.69, 9.17) is 21.8 Å². The SMILES string of the molecule is CC.CC=S.CNC[C@H]1CN(c2cc(F)c(N3CCON(C=S)CC3)c(F)c2)C(=O)O1. The lowest BCUT2D eigenvalue weighted by Gasteiger charge is -2.24. The van der Waals surface area contributed by atoms with E-state index in [1.54, 1.807) is 17.3 Å². The molecule has 2 heterocycles. The molecule has 0 bridgehead atoms. The summed E-state index contributed by atoms with van der Waals surface area (Å²) in [7, 11) is 1.74. The molecule has 2 fully saturated rings. The van der Waals surface area contributed by atoms with Gasteiger partial charge in [-0.25, -0.2) is 18.6 Å². The number of amides is 1. The molecule has 0 aliphatic carbocycles. The summed E-state index contributed by atoms with van der Waals surface area (Å²) in [5, 5.41) is 5.95. The summed E-state index contributed by atoms with van der Waals surface area (Å²) in [5.74, 6) is -1.47. The third-order valence-electron chi connectivity index (χ3n) is 4.26. The minimum atomic E-state index is -0.735. The van der Waals surface area contributed by atoms with Crippen LogP contribution in [0.5, 0.6) is 0 Å². The highest BCUT2D eigenvalue weighted by molar-refractivity contribution is 7.79. The van der Waals surface area contributed by atoms with Gasteiger partial charge in [-0.3, -0.25) is 9.74 Å². The number of benzene rings is 1. The molecule has 1 aromatic carbocycles. The van der Waals surface area contributed by atoms with Crippen LogP contribution in [-0.2, 0) is 9.57 Å². The van der Waals surface area contributed by atoms with Crippen molar-refractivity contribution in [2.75, 3.05) is 56.2 Å². The predicted octanol–water partition coefficient (Wildman–Crippen LogP) is 3.55. The fourth-order valence-electron chi connectivity index (χ4n) is 3.05. The number of hydrogen-bond donors (Lipinski definition) is 1. The molecule has 174 valence electrons. The fraction of sp³-hybridized carbons (Fsp3) is 0.550. The smallest absolute Gasteiger partial charge is 0.414 e. The van der Waals surface area contributed by atoms with E-state index in [2.05, 4.69) is 17.5 Å². The van der Waals surface area contributed by atoms with Crippen LogP contribution in [0.15, 0.2) is 12.1 Å². The molecule has 0 saturated carbocycles. The van der Waals surface area contributed by atoms with E-state index in [1.165, 1.54) is 15.5 Å². The fourth-order valence-corrected chi connectivity index (χ4v) is 3.21. The summed E-state index contributed by atoms with van der Waals surface area (Å²) in [6.45, 7) is 7.86. The number of nitrogens with zero attached hydrogens (tertiary/aromatic N) is 3. The van der Waals surface area contributed by atoms with Gasteiger partial charge in [-0.1, -0.05) is 38.3 Å². The molecule has 0 radical (unpaired) electrons. The summed E-state index contributed by atoms with van der Waals surface area (Å²) in [4.78, 5) is 20.1. The van der Waals surface area contributed by atoms with Crippen LogP contribution in [0.2, 0.25) is 0 Å². The summed E-state index contributed by atoms with van der Waals surface area (Å²) in [5.41, 5.74) is 1.36. The van der Waals surface area contributed by atoms with Gasteiger partial charge in [0.05, 0.1) is 30.9 Å². The van der Waals surface area contributed by atoms with E-state index in [9.17, 15) is 13.6 Å². The van der Waals surface area contributed by atoms with Gasteiger partial charge in [0, 0.05) is 31.8 Å². The van der Waals surface area contributed by atoms with Crippen molar-refractivity contribution in [1.29, 1.82) is 0 Å². The summed E-state index contributed by atoms with van der Waals surface area (Å²) in [6, 6.07) is 2.31. The van der Waals surface area contributed by atoms with Crippen LogP contribution >= 0.6 is 24.4 Å². The molecule has 3 rings (SSSR count). The molecule has 0 aromatic heterocycles. The molecule has 1 aromatic rings. The second-order valence-electron chi connectivity index (χ2n) is 6.23. The Kier molecular flexibility index (Phi) is 12.4. The Hall–Kier alpha value is -1.95. The predicted molar refractivity (Wildman–Crippen MR) is 127 cm³/mol. The third kappa shape index (κ3) is 7.60. The van der Waals surface area contributed by atoms with Crippen molar-refractivity contribution in [3.8, 4) is 0 Å². The number of cyclic esters (lactones) is 1. The topological polar surface area (TPSA) is 57.3 Å². The standard InChI is InChI=1S/C16H20F2N4O3S.C2H4S.C2H6/c1-19-8-12-9-22(16(23)25-12)11-6-13(17)15(14(18)7-11)20-2-3-21(10-26)24-5-4-20;1-2-3;1-2/h6-7,10,12,19H,2-5,8-9H2,1H3;2H,1H3;1-2H3/t12-;;/m0../s1. The Morgan fingerprint density at radius 1 is 1.19 bits per heavy atom. The Balaban J connectivity index is 0.000000884. The van der Waals surface area contributed by atoms with Gasteiger partial charge in [0.15, 0.2) is 11.6 Å². The Labute approximate surface area is 193 Å². The lowest BCUT2D eigenvalue weighted by Crippen LogP contribution is -2.31. The first-order valence-corrected chi connectivity index (χ1v) is 11.0. The van der Waals surface area contributed by atoms with Crippen molar-refractivity contribution in [3.05, 3.63) is 23.8 Å². The van der Waals surface area contributed by atoms with Crippen LogP contribution in [0.3, 0.4) is 0 Å². The van der Waals surface area contributed by atoms with Crippen molar-refractivity contribution in [3.63, 3.8) is 0 Å². The van der Waals surface area contributed by atoms with E-state index in [1.807, 2.05) is 20.8 Å². The van der Waals surface area contributed by atoms with Gasteiger partial charge in [0.25, 0.3) is 0 Å². The molecule has 1 N–H and O–H groups in total. The monoisotopic (exact) mass is 476 g/mol. The van der Waals surface area contributed by atoms with Crippen LogP contribution < -0.4 is 15.1 Å². The number of thiocarbonyl (C=S) groups is 2. The highest BCUT2D eigenvalue weighted by Gasteiger charge is 2.33. The zero-order chi connectivity index (χ0) is 23.4. The molecule has 1 amide bonds. The van der Waals surface area contributed by atoms with E-state index in [-0.39, 0.29) is 30.6 Å². The number of anilines is 2. The number of rotatable bonds is 5. The first-order valence-electron chi connectivity index (χ1n) is 10.1. The van der Waals surface area contributed by atoms with Gasteiger partial charge in [-0.05, 0) is 19.3 Å². The van der Waals surface area contributed by atoms with Gasteiger partial charge in [0.1, 0.15) is 11.8 Å². The summed E-state index contributed by atoms with van der Waals surface area (Å²) >= 11 is 9.08. The largest absolute Gasteiger partial charge is 0.443 e. The Morgan fingerprint density at radius 2 is 1.81 bits per heavy atom. The van der Waals surface area contributed by atoms with Crippen LogP contribution in [0.25, 0.3) is 0 Å². The molecule has 11 heteroatoms. The van der Waals surface area contributed by atoms with E-state index in [0.29, 0.717) is 26.2 Å². The maximum atomic E-state index is 14.7. The molecule has 2 aliphatic heterocycles. The number of nitrogens with one attached hydrogen (secondary N) is 1. The van der Waals surface area contributed by atoms with Crippen molar-refractivity contribution in [2.24, 2.45) is 0 Å². The molecular formula is C20H30F2N4O3S2. The molecule has 31 heavy (non-hydrogen) atoms. The van der Waals surface area contributed by atoms with E-state index >= 15 is 0 Å². The lowest BCUT2D eigenvalue weighted by molar-refractivity contribution is -0.0784.